The molecule has 0 saturated heterocycles. The van der Waals surface area contributed by atoms with Gasteiger partial charge in [-0.25, -0.2) is 0 Å². The number of aromatic nitrogens is 2. The molecule has 1 amide bonds. The Kier molecular flexibility index (Phi) is 4.60. The first-order valence-corrected chi connectivity index (χ1v) is 5.18. The van der Waals surface area contributed by atoms with Crippen molar-refractivity contribution < 1.29 is 4.79 Å². The van der Waals surface area contributed by atoms with Gasteiger partial charge in [-0.2, -0.15) is 5.10 Å². The lowest BCUT2D eigenvalue weighted by Crippen LogP contribution is -2.21. The molecule has 0 fully saturated rings. The zero-order valence-electron chi connectivity index (χ0n) is 9.23. The highest BCUT2D eigenvalue weighted by Gasteiger charge is 1.95. The molecule has 0 radical (unpaired) electrons. The first-order chi connectivity index (χ1) is 7.24. The summed E-state index contributed by atoms with van der Waals surface area (Å²) in [5.74, 6) is -0.0512. The molecule has 0 saturated carbocycles. The zero-order valence-corrected chi connectivity index (χ0v) is 9.23. The largest absolute Gasteiger partial charge is 0.353 e. The molecule has 1 aromatic heterocycles. The summed E-state index contributed by atoms with van der Waals surface area (Å²) >= 11 is 0. The summed E-state index contributed by atoms with van der Waals surface area (Å²) in [7, 11) is 1.84. The number of amides is 1. The minimum Gasteiger partial charge on any atom is -0.353 e. The number of carbonyl (C=O) groups is 1. The van der Waals surface area contributed by atoms with Crippen LogP contribution >= 0.6 is 0 Å². The summed E-state index contributed by atoms with van der Waals surface area (Å²) in [6.07, 6.45) is 7.10. The van der Waals surface area contributed by atoms with Crippen LogP contribution in [0, 0.1) is 0 Å². The van der Waals surface area contributed by atoms with Crippen LogP contribution in [0.5, 0.6) is 0 Å². The van der Waals surface area contributed by atoms with Gasteiger partial charge in [-0.3, -0.25) is 9.48 Å². The molecule has 0 aromatic carbocycles. The quantitative estimate of drug-likeness (QED) is 0.585. The van der Waals surface area contributed by atoms with E-state index in [9.17, 15) is 4.79 Å². The lowest BCUT2D eigenvalue weighted by molar-refractivity contribution is -0.116. The van der Waals surface area contributed by atoms with Gasteiger partial charge >= 0.3 is 0 Å². The fraction of sp³-hybridized carbons (Fsp3) is 0.455. The van der Waals surface area contributed by atoms with Gasteiger partial charge in [0.05, 0.1) is 5.69 Å². The second-order valence-corrected chi connectivity index (χ2v) is 3.36. The van der Waals surface area contributed by atoms with Crippen LogP contribution in [0.4, 0.5) is 0 Å². The van der Waals surface area contributed by atoms with Crippen LogP contribution in [-0.2, 0) is 11.8 Å². The molecule has 1 aromatic rings. The summed E-state index contributed by atoms with van der Waals surface area (Å²) in [5, 5.41) is 6.81. The molecule has 4 nitrogen and oxygen atoms in total. The Bertz CT molecular complexity index is 341. The first-order valence-electron chi connectivity index (χ1n) is 5.18. The van der Waals surface area contributed by atoms with Gasteiger partial charge in [0.25, 0.3) is 0 Å². The standard InChI is InChI=1S/C11H17N3O/c1-3-4-8-12-11(15)6-5-10-7-9-13-14(10)2/h5-7,9H,3-4,8H2,1-2H3,(H,12,15)/b6-5+. The molecule has 4 heteroatoms. The van der Waals surface area contributed by atoms with Crippen LogP contribution in [0.3, 0.4) is 0 Å². The predicted octanol–water partition coefficient (Wildman–Crippen LogP) is 1.35. The molecule has 1 N–H and O–H groups in total. The topological polar surface area (TPSA) is 46.9 Å². The maximum atomic E-state index is 11.3. The van der Waals surface area contributed by atoms with E-state index < -0.39 is 0 Å². The van der Waals surface area contributed by atoms with Gasteiger partial charge in [0.1, 0.15) is 0 Å². The lowest BCUT2D eigenvalue weighted by Gasteiger charge is -1.99. The molecule has 1 heterocycles. The maximum Gasteiger partial charge on any atom is 0.244 e. The molecule has 15 heavy (non-hydrogen) atoms. The van der Waals surface area contributed by atoms with E-state index in [1.165, 1.54) is 6.08 Å². The molecule has 0 aliphatic carbocycles. The Morgan fingerprint density at radius 3 is 3.07 bits per heavy atom. The van der Waals surface area contributed by atoms with E-state index in [1.807, 2.05) is 13.1 Å². The van der Waals surface area contributed by atoms with E-state index in [-0.39, 0.29) is 5.91 Å². The van der Waals surface area contributed by atoms with Crippen molar-refractivity contribution in [1.29, 1.82) is 0 Å². The molecule has 0 atom stereocenters. The zero-order chi connectivity index (χ0) is 11.1. The monoisotopic (exact) mass is 207 g/mol. The molecule has 0 spiro atoms. The van der Waals surface area contributed by atoms with Crippen molar-refractivity contribution in [2.75, 3.05) is 6.54 Å². The number of nitrogens with zero attached hydrogens (tertiary/aromatic N) is 2. The van der Waals surface area contributed by atoms with Crippen LogP contribution < -0.4 is 5.32 Å². The SMILES string of the molecule is CCCCNC(=O)/C=C/c1ccnn1C. The first kappa shape index (κ1) is 11.5. The van der Waals surface area contributed by atoms with Gasteiger partial charge in [0.15, 0.2) is 0 Å². The molecule has 0 bridgehead atoms. The van der Waals surface area contributed by atoms with E-state index in [2.05, 4.69) is 17.3 Å². The third kappa shape index (κ3) is 3.97. The molecule has 0 unspecified atom stereocenters. The van der Waals surface area contributed by atoms with Crippen molar-refractivity contribution in [3.8, 4) is 0 Å². The number of carbonyl (C=O) groups excluding carboxylic acids is 1. The highest BCUT2D eigenvalue weighted by molar-refractivity contribution is 5.91. The van der Waals surface area contributed by atoms with E-state index in [4.69, 9.17) is 0 Å². The van der Waals surface area contributed by atoms with Crippen molar-refractivity contribution in [3.63, 3.8) is 0 Å². The fourth-order valence-electron chi connectivity index (χ4n) is 1.16. The molecule has 1 rings (SSSR count). The normalized spacial score (nSPS) is 10.8. The van der Waals surface area contributed by atoms with Crippen LogP contribution in [0.25, 0.3) is 6.08 Å². The average molecular weight is 207 g/mol. The molecule has 0 aliphatic heterocycles. The Hall–Kier alpha value is -1.58. The van der Waals surface area contributed by atoms with Crippen LogP contribution in [0.2, 0.25) is 0 Å². The summed E-state index contributed by atoms with van der Waals surface area (Å²) in [6.45, 7) is 2.84. The van der Waals surface area contributed by atoms with Gasteiger partial charge in [-0.15, -0.1) is 0 Å². The second-order valence-electron chi connectivity index (χ2n) is 3.36. The number of nitrogens with one attached hydrogen (secondary N) is 1. The molecule has 0 aliphatic rings. The highest BCUT2D eigenvalue weighted by atomic mass is 16.1. The number of aryl methyl sites for hydroxylation is 1. The van der Waals surface area contributed by atoms with E-state index in [0.717, 1.165) is 25.1 Å². The van der Waals surface area contributed by atoms with E-state index in [1.54, 1.807) is 17.0 Å². The maximum absolute atomic E-state index is 11.3. The summed E-state index contributed by atoms with van der Waals surface area (Å²) in [6, 6.07) is 1.86. The van der Waals surface area contributed by atoms with Gasteiger partial charge in [-0.05, 0) is 18.6 Å². The predicted molar refractivity (Wildman–Crippen MR) is 60.2 cm³/mol. The highest BCUT2D eigenvalue weighted by Crippen LogP contribution is 1.98. The third-order valence-electron chi connectivity index (χ3n) is 2.09. The lowest BCUT2D eigenvalue weighted by atomic mass is 10.3. The molecule has 82 valence electrons. The average Bonchev–Trinajstić information content (AvgIpc) is 2.61. The third-order valence-corrected chi connectivity index (χ3v) is 2.09. The Morgan fingerprint density at radius 1 is 1.67 bits per heavy atom. The molecular weight excluding hydrogens is 190 g/mol. The Balaban J connectivity index is 2.38. The smallest absolute Gasteiger partial charge is 0.244 e. The van der Waals surface area contributed by atoms with Gasteiger partial charge in [0.2, 0.25) is 5.91 Å². The van der Waals surface area contributed by atoms with Crippen molar-refractivity contribution in [3.05, 3.63) is 24.0 Å². The van der Waals surface area contributed by atoms with Crippen LogP contribution in [0.1, 0.15) is 25.5 Å². The summed E-state index contributed by atoms with van der Waals surface area (Å²) in [5.41, 5.74) is 0.917. The summed E-state index contributed by atoms with van der Waals surface area (Å²) < 4.78 is 1.72. The Morgan fingerprint density at radius 2 is 2.47 bits per heavy atom. The van der Waals surface area contributed by atoms with Crippen LogP contribution in [0.15, 0.2) is 18.3 Å². The number of hydrogen-bond donors (Lipinski definition) is 1. The van der Waals surface area contributed by atoms with Gasteiger partial charge in [0, 0.05) is 25.9 Å². The number of hydrogen-bond acceptors (Lipinski definition) is 2. The van der Waals surface area contributed by atoms with E-state index in [0.29, 0.717) is 0 Å². The fourth-order valence-corrected chi connectivity index (χ4v) is 1.16. The Labute approximate surface area is 90.0 Å². The minimum atomic E-state index is -0.0512. The van der Waals surface area contributed by atoms with Crippen LogP contribution in [-0.4, -0.2) is 22.2 Å². The summed E-state index contributed by atoms with van der Waals surface area (Å²) in [4.78, 5) is 11.3. The van der Waals surface area contributed by atoms with Crippen molar-refractivity contribution in [2.45, 2.75) is 19.8 Å². The second kappa shape index (κ2) is 6.01. The van der Waals surface area contributed by atoms with Crippen molar-refractivity contribution in [1.82, 2.24) is 15.1 Å². The minimum absolute atomic E-state index is 0.0512. The molecular formula is C11H17N3O. The van der Waals surface area contributed by atoms with Crippen molar-refractivity contribution in [2.24, 2.45) is 7.05 Å². The van der Waals surface area contributed by atoms with Gasteiger partial charge in [-0.1, -0.05) is 13.3 Å². The van der Waals surface area contributed by atoms with E-state index >= 15 is 0 Å². The van der Waals surface area contributed by atoms with Crippen molar-refractivity contribution >= 4 is 12.0 Å². The van der Waals surface area contributed by atoms with Gasteiger partial charge < -0.3 is 5.32 Å². The number of unbranched alkanes of at least 4 members (excludes halogenated alkanes) is 1. The number of rotatable bonds is 5.